The molecule has 0 aliphatic carbocycles. The number of aromatic nitrogens is 3. The van der Waals surface area contributed by atoms with Gasteiger partial charge in [0.2, 0.25) is 10.6 Å². The second-order valence-corrected chi connectivity index (χ2v) is 5.54. The monoisotopic (exact) mass is 335 g/mol. The highest BCUT2D eigenvalue weighted by atomic mass is 79.9. The van der Waals surface area contributed by atoms with Crippen LogP contribution in [0.1, 0.15) is 13.8 Å². The number of hydrogen-bond donors (Lipinski definition) is 1. The number of halogens is 2. The Bertz CT molecular complexity index is 464. The van der Waals surface area contributed by atoms with E-state index >= 15 is 0 Å². The van der Waals surface area contributed by atoms with Crippen LogP contribution in [0.4, 0.5) is 5.95 Å². The summed E-state index contributed by atoms with van der Waals surface area (Å²) in [5.41, 5.74) is 0.624. The van der Waals surface area contributed by atoms with Gasteiger partial charge in [-0.05, 0) is 29.8 Å². The molecule has 6 nitrogen and oxygen atoms in total. The summed E-state index contributed by atoms with van der Waals surface area (Å²) in [6.07, 6.45) is 0. The first-order valence-electron chi connectivity index (χ1n) is 4.10. The molecule has 0 aromatic carbocycles. The molecule has 0 saturated heterocycles. The fourth-order valence-corrected chi connectivity index (χ4v) is 1.56. The van der Waals surface area contributed by atoms with Gasteiger partial charge in [-0.25, -0.2) is 0 Å². The number of carbonyl (C=O) groups excluding carboxylic acids is 1. The highest BCUT2D eigenvalue weighted by Crippen LogP contribution is 2.26. The average Bonchev–Trinajstić information content (AvgIpc) is 2.45. The molecular formula is C7H7Br2N5O. The standard InChI is InChI=1S/C7H7Br2N5O/c1-3-7(2,9)4(15)10-6-12-11-5(8)14(6)13-3/h1-2H3,(H,10,12,15). The molecule has 1 aliphatic rings. The Morgan fingerprint density at radius 1 is 1.47 bits per heavy atom. The summed E-state index contributed by atoms with van der Waals surface area (Å²) >= 11 is 6.51. The maximum Gasteiger partial charge on any atom is 0.253 e. The van der Waals surface area contributed by atoms with Crippen LogP contribution < -0.4 is 5.32 Å². The molecular weight excluding hydrogens is 330 g/mol. The lowest BCUT2D eigenvalue weighted by Crippen LogP contribution is -2.39. The molecule has 1 atom stereocenters. The number of anilines is 1. The SMILES string of the molecule is CC1=Nn2c(Br)nnc2NC(=O)C1(C)Br. The Labute approximate surface area is 102 Å². The molecule has 15 heavy (non-hydrogen) atoms. The number of amides is 1. The van der Waals surface area contributed by atoms with Gasteiger partial charge in [-0.1, -0.05) is 15.9 Å². The number of alkyl halides is 1. The Balaban J connectivity index is 2.61. The van der Waals surface area contributed by atoms with Crippen LogP contribution in [-0.2, 0) is 4.79 Å². The Kier molecular flexibility index (Phi) is 2.42. The molecule has 0 saturated carbocycles. The lowest BCUT2D eigenvalue weighted by Gasteiger charge is -2.17. The van der Waals surface area contributed by atoms with Crippen molar-refractivity contribution < 1.29 is 4.79 Å². The highest BCUT2D eigenvalue weighted by Gasteiger charge is 2.37. The van der Waals surface area contributed by atoms with Gasteiger partial charge >= 0.3 is 0 Å². The minimum Gasteiger partial charge on any atom is -0.292 e. The summed E-state index contributed by atoms with van der Waals surface area (Å²) in [5, 5.41) is 14.4. The van der Waals surface area contributed by atoms with E-state index in [2.05, 4.69) is 52.5 Å². The largest absolute Gasteiger partial charge is 0.292 e. The summed E-state index contributed by atoms with van der Waals surface area (Å²) in [4.78, 5) is 11.8. The minimum absolute atomic E-state index is 0.220. The van der Waals surface area contributed by atoms with Crippen molar-refractivity contribution in [2.75, 3.05) is 5.32 Å². The van der Waals surface area contributed by atoms with Crippen LogP contribution in [0.15, 0.2) is 9.84 Å². The second-order valence-electron chi connectivity index (χ2n) is 3.25. The van der Waals surface area contributed by atoms with Crippen LogP contribution in [0.5, 0.6) is 0 Å². The fourth-order valence-electron chi connectivity index (χ4n) is 1.05. The Hall–Kier alpha value is -0.760. The van der Waals surface area contributed by atoms with Crippen LogP contribution in [0.3, 0.4) is 0 Å². The van der Waals surface area contributed by atoms with Crippen LogP contribution >= 0.6 is 31.9 Å². The van der Waals surface area contributed by atoms with Gasteiger partial charge in [0.05, 0.1) is 5.71 Å². The van der Waals surface area contributed by atoms with Crippen molar-refractivity contribution in [3.8, 4) is 0 Å². The number of carbonyl (C=O) groups is 1. The predicted octanol–water partition coefficient (Wildman–Crippen LogP) is 1.37. The number of hydrogen-bond acceptors (Lipinski definition) is 4. The molecule has 80 valence electrons. The van der Waals surface area contributed by atoms with Gasteiger partial charge in [0.15, 0.2) is 0 Å². The van der Waals surface area contributed by atoms with E-state index in [1.54, 1.807) is 13.8 Å². The van der Waals surface area contributed by atoms with Crippen molar-refractivity contribution in [1.29, 1.82) is 0 Å². The third kappa shape index (κ3) is 1.61. The van der Waals surface area contributed by atoms with Crippen molar-refractivity contribution >= 4 is 49.4 Å². The zero-order chi connectivity index (χ0) is 11.2. The van der Waals surface area contributed by atoms with Crippen molar-refractivity contribution in [1.82, 2.24) is 14.9 Å². The van der Waals surface area contributed by atoms with E-state index in [9.17, 15) is 4.79 Å². The van der Waals surface area contributed by atoms with Gasteiger partial charge < -0.3 is 0 Å². The van der Waals surface area contributed by atoms with Crippen LogP contribution in [0.2, 0.25) is 0 Å². The molecule has 0 bridgehead atoms. The van der Waals surface area contributed by atoms with Gasteiger partial charge in [0.1, 0.15) is 4.32 Å². The van der Waals surface area contributed by atoms with E-state index in [1.807, 2.05) is 0 Å². The van der Waals surface area contributed by atoms with E-state index in [0.29, 0.717) is 16.4 Å². The molecule has 1 aromatic heterocycles. The maximum atomic E-state index is 11.8. The van der Waals surface area contributed by atoms with Crippen molar-refractivity contribution in [2.24, 2.45) is 5.10 Å². The predicted molar refractivity (Wildman–Crippen MR) is 62.2 cm³/mol. The molecule has 1 amide bonds. The summed E-state index contributed by atoms with van der Waals surface area (Å²) in [7, 11) is 0. The lowest BCUT2D eigenvalue weighted by molar-refractivity contribution is -0.116. The van der Waals surface area contributed by atoms with Crippen molar-refractivity contribution in [3.05, 3.63) is 4.73 Å². The van der Waals surface area contributed by atoms with E-state index in [-0.39, 0.29) is 5.91 Å². The summed E-state index contributed by atoms with van der Waals surface area (Å²) in [6.45, 7) is 3.49. The second kappa shape index (κ2) is 3.38. The molecule has 1 aliphatic heterocycles. The van der Waals surface area contributed by atoms with Gasteiger partial charge in [0.25, 0.3) is 5.95 Å². The van der Waals surface area contributed by atoms with Gasteiger partial charge in [-0.2, -0.15) is 9.78 Å². The maximum absolute atomic E-state index is 11.8. The number of fused-ring (bicyclic) bond motifs is 1. The van der Waals surface area contributed by atoms with Crippen molar-refractivity contribution in [3.63, 3.8) is 0 Å². The van der Waals surface area contributed by atoms with Crippen molar-refractivity contribution in [2.45, 2.75) is 18.2 Å². The molecule has 0 radical (unpaired) electrons. The first-order valence-corrected chi connectivity index (χ1v) is 5.69. The molecule has 1 unspecified atom stereocenters. The smallest absolute Gasteiger partial charge is 0.253 e. The van der Waals surface area contributed by atoms with Crippen LogP contribution in [0, 0.1) is 0 Å². The topological polar surface area (TPSA) is 72.2 Å². The molecule has 2 rings (SSSR count). The van der Waals surface area contributed by atoms with Gasteiger partial charge in [-0.15, -0.1) is 10.2 Å². The number of nitrogens with one attached hydrogen (secondary N) is 1. The van der Waals surface area contributed by atoms with Gasteiger partial charge in [0, 0.05) is 0 Å². The third-order valence-corrected chi connectivity index (χ3v) is 3.61. The minimum atomic E-state index is -0.826. The first-order chi connectivity index (χ1) is 6.93. The molecule has 1 N–H and O–H groups in total. The zero-order valence-electron chi connectivity index (χ0n) is 7.95. The quantitative estimate of drug-likeness (QED) is 0.727. The van der Waals surface area contributed by atoms with E-state index in [4.69, 9.17) is 0 Å². The molecule has 8 heteroatoms. The molecule has 1 aromatic rings. The zero-order valence-corrected chi connectivity index (χ0v) is 11.1. The summed E-state index contributed by atoms with van der Waals surface area (Å²) < 4.78 is 1.05. The Morgan fingerprint density at radius 3 is 2.80 bits per heavy atom. The number of rotatable bonds is 0. The summed E-state index contributed by atoms with van der Waals surface area (Å²) in [6, 6.07) is 0. The fraction of sp³-hybridized carbons (Fsp3) is 0.429. The van der Waals surface area contributed by atoms with E-state index in [1.165, 1.54) is 4.68 Å². The summed E-state index contributed by atoms with van der Waals surface area (Å²) in [5.74, 6) is 0.0804. The lowest BCUT2D eigenvalue weighted by atomic mass is 10.1. The first kappa shape index (κ1) is 10.7. The third-order valence-electron chi connectivity index (χ3n) is 2.18. The van der Waals surface area contributed by atoms with E-state index < -0.39 is 4.32 Å². The van der Waals surface area contributed by atoms with Gasteiger partial charge in [-0.3, -0.25) is 10.1 Å². The van der Waals surface area contributed by atoms with E-state index in [0.717, 1.165) is 0 Å². The molecule has 0 fully saturated rings. The molecule has 0 spiro atoms. The average molecular weight is 337 g/mol. The molecule has 2 heterocycles. The normalized spacial score (nSPS) is 25.3. The van der Waals surface area contributed by atoms with Crippen LogP contribution in [-0.4, -0.2) is 30.8 Å². The van der Waals surface area contributed by atoms with Crippen LogP contribution in [0.25, 0.3) is 0 Å². The Morgan fingerprint density at radius 2 is 2.13 bits per heavy atom. The highest BCUT2D eigenvalue weighted by molar-refractivity contribution is 9.10. The number of nitrogens with zero attached hydrogens (tertiary/aromatic N) is 4.